The fraction of sp³-hybridized carbons (Fsp3) is 0.222. The number of carbonyl (C=O) groups is 1. The highest BCUT2D eigenvalue weighted by Gasteiger charge is 2.17. The molecule has 0 aromatic heterocycles. The quantitative estimate of drug-likeness (QED) is 0.452. The molecule has 1 aromatic carbocycles. The van der Waals surface area contributed by atoms with Gasteiger partial charge in [-0.3, -0.25) is 14.9 Å². The van der Waals surface area contributed by atoms with Crippen LogP contribution in [0.15, 0.2) is 18.2 Å². The molecule has 0 aliphatic rings. The summed E-state index contributed by atoms with van der Waals surface area (Å²) in [4.78, 5) is 21.2. The normalized spacial score (nSPS) is 9.57. The molecular formula is C9H10N2O3. The Morgan fingerprint density at radius 1 is 1.50 bits per heavy atom. The third kappa shape index (κ3) is 1.71. The highest BCUT2D eigenvalue weighted by molar-refractivity contribution is 6.01. The Kier molecular flexibility index (Phi) is 2.81. The second-order valence-corrected chi connectivity index (χ2v) is 2.76. The summed E-state index contributed by atoms with van der Waals surface area (Å²) in [6, 6.07) is 4.41. The van der Waals surface area contributed by atoms with Crippen LogP contribution in [-0.2, 0) is 0 Å². The molecule has 74 valence electrons. The predicted octanol–water partition coefficient (Wildman–Crippen LogP) is 1.84. The van der Waals surface area contributed by atoms with Crippen molar-refractivity contribution in [2.24, 2.45) is 0 Å². The van der Waals surface area contributed by atoms with E-state index in [0.29, 0.717) is 5.56 Å². The van der Waals surface area contributed by atoms with Crippen LogP contribution in [-0.4, -0.2) is 17.8 Å². The fourth-order valence-electron chi connectivity index (χ4n) is 1.25. The van der Waals surface area contributed by atoms with E-state index in [1.165, 1.54) is 19.1 Å². The first-order valence-corrected chi connectivity index (χ1v) is 4.04. The van der Waals surface area contributed by atoms with E-state index in [1.807, 2.05) is 0 Å². The molecule has 5 heteroatoms. The Balaban J connectivity index is 3.39. The van der Waals surface area contributed by atoms with Crippen LogP contribution in [0.4, 0.5) is 11.4 Å². The zero-order valence-corrected chi connectivity index (χ0v) is 7.90. The zero-order chi connectivity index (χ0) is 10.7. The van der Waals surface area contributed by atoms with Gasteiger partial charge in [-0.25, -0.2) is 0 Å². The maximum atomic E-state index is 11.1. The molecule has 0 aliphatic carbocycles. The highest BCUT2D eigenvalue weighted by atomic mass is 16.6. The van der Waals surface area contributed by atoms with Crippen molar-refractivity contribution in [2.75, 3.05) is 12.4 Å². The molecule has 1 aromatic rings. The summed E-state index contributed by atoms with van der Waals surface area (Å²) in [7, 11) is 1.55. The minimum Gasteiger partial charge on any atom is -0.382 e. The Morgan fingerprint density at radius 3 is 2.57 bits per heavy atom. The third-order valence-electron chi connectivity index (χ3n) is 1.87. The Bertz CT molecular complexity index is 355. The van der Waals surface area contributed by atoms with Gasteiger partial charge in [0.15, 0.2) is 5.78 Å². The van der Waals surface area contributed by atoms with Crippen LogP contribution in [0.3, 0.4) is 0 Å². The molecule has 0 unspecified atom stereocenters. The molecule has 0 radical (unpaired) electrons. The van der Waals surface area contributed by atoms with Gasteiger partial charge in [-0.1, -0.05) is 6.07 Å². The molecular weight excluding hydrogens is 184 g/mol. The lowest BCUT2D eigenvalue weighted by molar-refractivity contribution is -0.384. The molecule has 5 nitrogen and oxygen atoms in total. The van der Waals surface area contributed by atoms with Crippen molar-refractivity contribution in [1.29, 1.82) is 0 Å². The maximum absolute atomic E-state index is 11.1. The van der Waals surface area contributed by atoms with Crippen LogP contribution in [0, 0.1) is 10.1 Å². The smallest absolute Gasteiger partial charge is 0.293 e. The van der Waals surface area contributed by atoms with Crippen molar-refractivity contribution in [2.45, 2.75) is 6.92 Å². The molecule has 0 amide bonds. The van der Waals surface area contributed by atoms with Crippen molar-refractivity contribution in [1.82, 2.24) is 0 Å². The number of hydrogen-bond acceptors (Lipinski definition) is 4. The zero-order valence-electron chi connectivity index (χ0n) is 7.90. The molecule has 0 fully saturated rings. The van der Waals surface area contributed by atoms with E-state index >= 15 is 0 Å². The van der Waals surface area contributed by atoms with Crippen molar-refractivity contribution in [3.63, 3.8) is 0 Å². The number of nitrogens with one attached hydrogen (secondary N) is 1. The van der Waals surface area contributed by atoms with Crippen LogP contribution in [0.25, 0.3) is 0 Å². The third-order valence-corrected chi connectivity index (χ3v) is 1.87. The first-order chi connectivity index (χ1) is 6.57. The Hall–Kier alpha value is -1.91. The summed E-state index contributed by atoms with van der Waals surface area (Å²) in [6.07, 6.45) is 0. The van der Waals surface area contributed by atoms with E-state index in [-0.39, 0.29) is 17.2 Å². The molecule has 0 saturated carbocycles. The average Bonchev–Trinajstić information content (AvgIpc) is 2.16. The van der Waals surface area contributed by atoms with Crippen LogP contribution in [0.1, 0.15) is 17.3 Å². The number of benzene rings is 1. The van der Waals surface area contributed by atoms with Gasteiger partial charge in [-0.2, -0.15) is 0 Å². The molecule has 0 aliphatic heterocycles. The van der Waals surface area contributed by atoms with Crippen molar-refractivity contribution in [3.05, 3.63) is 33.9 Å². The van der Waals surface area contributed by atoms with E-state index in [0.717, 1.165) is 0 Å². The summed E-state index contributed by atoms with van der Waals surface area (Å²) in [5, 5.41) is 13.3. The average molecular weight is 194 g/mol. The van der Waals surface area contributed by atoms with Crippen LogP contribution < -0.4 is 5.32 Å². The maximum Gasteiger partial charge on any atom is 0.293 e. The topological polar surface area (TPSA) is 72.2 Å². The lowest BCUT2D eigenvalue weighted by Crippen LogP contribution is -2.03. The van der Waals surface area contributed by atoms with Gasteiger partial charge < -0.3 is 5.32 Å². The number of nitro groups is 1. The molecule has 0 atom stereocenters. The number of para-hydroxylation sites is 1. The number of hydrogen-bond donors (Lipinski definition) is 1. The van der Waals surface area contributed by atoms with Gasteiger partial charge in [-0.15, -0.1) is 0 Å². The van der Waals surface area contributed by atoms with E-state index in [9.17, 15) is 14.9 Å². The molecule has 0 bridgehead atoms. The number of carbonyl (C=O) groups excluding carboxylic acids is 1. The number of rotatable bonds is 3. The fourth-order valence-corrected chi connectivity index (χ4v) is 1.25. The summed E-state index contributed by atoms with van der Waals surface area (Å²) in [5.41, 5.74) is 0.520. The summed E-state index contributed by atoms with van der Waals surface area (Å²) in [5.74, 6) is -0.196. The van der Waals surface area contributed by atoms with Gasteiger partial charge in [-0.05, 0) is 13.0 Å². The van der Waals surface area contributed by atoms with Gasteiger partial charge in [0.1, 0.15) is 5.69 Å². The first-order valence-electron chi connectivity index (χ1n) is 4.04. The van der Waals surface area contributed by atoms with Gasteiger partial charge in [0.05, 0.1) is 4.92 Å². The van der Waals surface area contributed by atoms with E-state index in [4.69, 9.17) is 0 Å². The van der Waals surface area contributed by atoms with Gasteiger partial charge in [0.2, 0.25) is 0 Å². The molecule has 0 heterocycles. The van der Waals surface area contributed by atoms with Gasteiger partial charge in [0.25, 0.3) is 5.69 Å². The lowest BCUT2D eigenvalue weighted by atomic mass is 10.1. The minimum atomic E-state index is -0.516. The molecule has 0 spiro atoms. The number of ketones is 1. The Labute approximate surface area is 80.9 Å². The number of anilines is 1. The first kappa shape index (κ1) is 10.2. The molecule has 14 heavy (non-hydrogen) atoms. The monoisotopic (exact) mass is 194 g/mol. The highest BCUT2D eigenvalue weighted by Crippen LogP contribution is 2.27. The summed E-state index contributed by atoms with van der Waals surface area (Å²) < 4.78 is 0. The number of Topliss-reactive ketones (excluding diaryl/α,β-unsaturated/α-hetero) is 1. The summed E-state index contributed by atoms with van der Waals surface area (Å²) >= 11 is 0. The molecule has 0 saturated heterocycles. The summed E-state index contributed by atoms with van der Waals surface area (Å²) in [6.45, 7) is 1.37. The van der Waals surface area contributed by atoms with Crippen LogP contribution in [0.5, 0.6) is 0 Å². The van der Waals surface area contributed by atoms with Crippen molar-refractivity contribution >= 4 is 17.2 Å². The molecule has 1 N–H and O–H groups in total. The second kappa shape index (κ2) is 3.87. The Morgan fingerprint density at radius 2 is 2.14 bits per heavy atom. The van der Waals surface area contributed by atoms with E-state index in [1.54, 1.807) is 13.1 Å². The largest absolute Gasteiger partial charge is 0.382 e. The van der Waals surface area contributed by atoms with E-state index < -0.39 is 4.92 Å². The minimum absolute atomic E-state index is 0.0831. The van der Waals surface area contributed by atoms with Crippen LogP contribution >= 0.6 is 0 Å². The van der Waals surface area contributed by atoms with Crippen LogP contribution in [0.2, 0.25) is 0 Å². The van der Waals surface area contributed by atoms with Gasteiger partial charge >= 0.3 is 0 Å². The number of nitro benzene ring substituents is 1. The SMILES string of the molecule is CNc1c(C(C)=O)cccc1[N+](=O)[O-]. The second-order valence-electron chi connectivity index (χ2n) is 2.76. The van der Waals surface area contributed by atoms with Crippen molar-refractivity contribution in [3.8, 4) is 0 Å². The van der Waals surface area contributed by atoms with Crippen molar-refractivity contribution < 1.29 is 9.72 Å². The predicted molar refractivity (Wildman–Crippen MR) is 52.6 cm³/mol. The lowest BCUT2D eigenvalue weighted by Gasteiger charge is -2.05. The standard InChI is InChI=1S/C9H10N2O3/c1-6(12)7-4-3-5-8(11(13)14)9(7)10-2/h3-5,10H,1-2H3. The molecule has 1 rings (SSSR count). The van der Waals surface area contributed by atoms with E-state index in [2.05, 4.69) is 5.32 Å². The van der Waals surface area contributed by atoms with Gasteiger partial charge in [0, 0.05) is 18.7 Å². The number of nitrogens with zero attached hydrogens (tertiary/aromatic N) is 1.